The van der Waals surface area contributed by atoms with Crippen LogP contribution in [0.2, 0.25) is 5.02 Å². The van der Waals surface area contributed by atoms with E-state index in [1.54, 1.807) is 24.0 Å². The van der Waals surface area contributed by atoms with Gasteiger partial charge in [0.25, 0.3) is 0 Å². The fraction of sp³-hybridized carbons (Fsp3) is 0.250. The molecule has 170 valence electrons. The lowest BCUT2D eigenvalue weighted by molar-refractivity contribution is -0.116. The van der Waals surface area contributed by atoms with Crippen LogP contribution in [-0.2, 0) is 22.4 Å². The SMILES string of the molecule is CCc1nc(SCC(=O)Nc2ccc3c(c2)CCN3C(C)=O)nc(N)c1-c1ccc(Cl)cc1. The number of aromatic nitrogens is 2. The topological polar surface area (TPSA) is 101 Å². The van der Waals surface area contributed by atoms with Crippen LogP contribution in [0.5, 0.6) is 0 Å². The van der Waals surface area contributed by atoms with Crippen molar-refractivity contribution in [1.29, 1.82) is 0 Å². The Hall–Kier alpha value is -3.10. The summed E-state index contributed by atoms with van der Waals surface area (Å²) in [4.78, 5) is 35.0. The van der Waals surface area contributed by atoms with Crippen LogP contribution < -0.4 is 16.0 Å². The number of carbonyl (C=O) groups excluding carboxylic acids is 2. The van der Waals surface area contributed by atoms with Crippen LogP contribution in [0, 0.1) is 0 Å². The van der Waals surface area contributed by atoms with Gasteiger partial charge in [-0.25, -0.2) is 9.97 Å². The van der Waals surface area contributed by atoms with E-state index in [0.29, 0.717) is 34.6 Å². The van der Waals surface area contributed by atoms with Gasteiger partial charge in [-0.3, -0.25) is 9.59 Å². The molecular formula is C24H24ClN5O2S. The van der Waals surface area contributed by atoms with Crippen molar-refractivity contribution in [3.63, 3.8) is 0 Å². The minimum absolute atomic E-state index is 0.0229. The number of nitrogen functional groups attached to an aromatic ring is 1. The highest BCUT2D eigenvalue weighted by Crippen LogP contribution is 2.32. The molecule has 2 aromatic carbocycles. The normalized spacial score (nSPS) is 12.5. The average molecular weight is 482 g/mol. The van der Waals surface area contributed by atoms with E-state index in [-0.39, 0.29) is 17.6 Å². The molecule has 2 heterocycles. The quantitative estimate of drug-likeness (QED) is 0.394. The zero-order valence-electron chi connectivity index (χ0n) is 18.4. The fourth-order valence-corrected chi connectivity index (χ4v) is 4.68. The largest absolute Gasteiger partial charge is 0.383 e. The Labute approximate surface area is 201 Å². The average Bonchev–Trinajstić information content (AvgIpc) is 3.22. The molecule has 7 nitrogen and oxygen atoms in total. The van der Waals surface area contributed by atoms with Gasteiger partial charge >= 0.3 is 0 Å². The molecule has 4 rings (SSSR count). The summed E-state index contributed by atoms with van der Waals surface area (Å²) in [6, 6.07) is 13.0. The molecule has 3 aromatic rings. The van der Waals surface area contributed by atoms with E-state index in [1.165, 1.54) is 11.8 Å². The predicted molar refractivity (Wildman–Crippen MR) is 134 cm³/mol. The van der Waals surface area contributed by atoms with E-state index in [2.05, 4.69) is 15.3 Å². The maximum Gasteiger partial charge on any atom is 0.234 e. The molecule has 33 heavy (non-hydrogen) atoms. The third-order valence-electron chi connectivity index (χ3n) is 5.43. The number of carbonyl (C=O) groups is 2. The molecule has 0 spiro atoms. The second kappa shape index (κ2) is 9.80. The maximum absolute atomic E-state index is 12.5. The smallest absolute Gasteiger partial charge is 0.234 e. The molecule has 0 atom stereocenters. The molecule has 0 saturated carbocycles. The highest BCUT2D eigenvalue weighted by molar-refractivity contribution is 7.99. The van der Waals surface area contributed by atoms with Crippen molar-refractivity contribution in [2.75, 3.05) is 28.2 Å². The summed E-state index contributed by atoms with van der Waals surface area (Å²) < 4.78 is 0. The molecule has 9 heteroatoms. The van der Waals surface area contributed by atoms with Crippen molar-refractivity contribution in [3.05, 3.63) is 58.7 Å². The Morgan fingerprint density at radius 1 is 1.18 bits per heavy atom. The summed E-state index contributed by atoms with van der Waals surface area (Å²) in [6.45, 7) is 4.23. The molecule has 0 aliphatic carbocycles. The molecule has 3 N–H and O–H groups in total. The van der Waals surface area contributed by atoms with Gasteiger partial charge in [0.05, 0.1) is 11.4 Å². The Bertz CT molecular complexity index is 1220. The van der Waals surface area contributed by atoms with Crippen LogP contribution in [0.4, 0.5) is 17.2 Å². The van der Waals surface area contributed by atoms with E-state index in [1.807, 2.05) is 37.3 Å². The first-order chi connectivity index (χ1) is 15.9. The lowest BCUT2D eigenvalue weighted by Crippen LogP contribution is -2.25. The summed E-state index contributed by atoms with van der Waals surface area (Å²) in [5.41, 5.74) is 11.4. The number of amides is 2. The van der Waals surface area contributed by atoms with Crippen molar-refractivity contribution < 1.29 is 9.59 Å². The highest BCUT2D eigenvalue weighted by Gasteiger charge is 2.22. The Balaban J connectivity index is 1.43. The van der Waals surface area contributed by atoms with Gasteiger partial charge in [-0.15, -0.1) is 0 Å². The standard InChI is InChI=1S/C24H24ClN5O2S/c1-3-19-22(15-4-6-17(25)7-5-15)23(26)29-24(28-19)33-13-21(32)27-18-8-9-20-16(12-18)10-11-30(20)14(2)31/h4-9,12H,3,10-11,13H2,1-2H3,(H,27,32)(H2,26,28,29). The highest BCUT2D eigenvalue weighted by atomic mass is 35.5. The molecule has 0 unspecified atom stereocenters. The van der Waals surface area contributed by atoms with Gasteiger partial charge in [0.1, 0.15) is 5.82 Å². The third-order valence-corrected chi connectivity index (χ3v) is 6.53. The van der Waals surface area contributed by atoms with E-state index >= 15 is 0 Å². The minimum Gasteiger partial charge on any atom is -0.383 e. The van der Waals surface area contributed by atoms with Crippen LogP contribution in [0.25, 0.3) is 11.1 Å². The van der Waals surface area contributed by atoms with E-state index in [9.17, 15) is 9.59 Å². The Morgan fingerprint density at radius 3 is 2.64 bits per heavy atom. The molecule has 1 aliphatic heterocycles. The first-order valence-electron chi connectivity index (χ1n) is 10.6. The van der Waals surface area contributed by atoms with Crippen molar-refractivity contribution in [1.82, 2.24) is 9.97 Å². The van der Waals surface area contributed by atoms with Crippen molar-refractivity contribution >= 4 is 52.4 Å². The van der Waals surface area contributed by atoms with Crippen molar-refractivity contribution in [2.45, 2.75) is 31.8 Å². The predicted octanol–water partition coefficient (Wildman–Crippen LogP) is 4.58. The lowest BCUT2D eigenvalue weighted by Gasteiger charge is -2.15. The first-order valence-corrected chi connectivity index (χ1v) is 12.0. The number of rotatable bonds is 6. The number of benzene rings is 2. The van der Waals surface area contributed by atoms with Gasteiger partial charge < -0.3 is 16.0 Å². The van der Waals surface area contributed by atoms with Gasteiger partial charge in [0.15, 0.2) is 5.16 Å². The van der Waals surface area contributed by atoms with Gasteiger partial charge in [0.2, 0.25) is 11.8 Å². The van der Waals surface area contributed by atoms with Crippen LogP contribution >= 0.6 is 23.4 Å². The lowest BCUT2D eigenvalue weighted by atomic mass is 10.0. The second-order valence-electron chi connectivity index (χ2n) is 7.67. The molecule has 1 aromatic heterocycles. The maximum atomic E-state index is 12.5. The summed E-state index contributed by atoms with van der Waals surface area (Å²) in [7, 11) is 0. The molecule has 0 radical (unpaired) electrons. The van der Waals surface area contributed by atoms with Crippen LogP contribution in [0.15, 0.2) is 47.6 Å². The van der Waals surface area contributed by atoms with Crippen molar-refractivity contribution in [3.8, 4) is 11.1 Å². The van der Waals surface area contributed by atoms with Gasteiger partial charge in [-0.2, -0.15) is 0 Å². The van der Waals surface area contributed by atoms with Crippen LogP contribution in [-0.4, -0.2) is 34.1 Å². The number of hydrogen-bond donors (Lipinski definition) is 2. The number of fused-ring (bicyclic) bond motifs is 1. The van der Waals surface area contributed by atoms with E-state index in [0.717, 1.165) is 34.5 Å². The molecular weight excluding hydrogens is 458 g/mol. The van der Waals surface area contributed by atoms with E-state index < -0.39 is 0 Å². The van der Waals surface area contributed by atoms with Crippen LogP contribution in [0.3, 0.4) is 0 Å². The fourth-order valence-electron chi connectivity index (χ4n) is 3.89. The molecule has 0 bridgehead atoms. The number of thioether (sulfide) groups is 1. The number of aryl methyl sites for hydroxylation is 1. The molecule has 1 aliphatic rings. The molecule has 0 saturated heterocycles. The summed E-state index contributed by atoms with van der Waals surface area (Å²) >= 11 is 7.23. The summed E-state index contributed by atoms with van der Waals surface area (Å²) in [5, 5.41) is 4.02. The monoisotopic (exact) mass is 481 g/mol. The van der Waals surface area contributed by atoms with Gasteiger partial charge in [-0.05, 0) is 54.3 Å². The summed E-state index contributed by atoms with van der Waals surface area (Å²) in [5.74, 6) is 0.387. The van der Waals surface area contributed by atoms with E-state index in [4.69, 9.17) is 17.3 Å². The zero-order valence-corrected chi connectivity index (χ0v) is 20.0. The number of hydrogen-bond acceptors (Lipinski definition) is 6. The number of nitrogens with one attached hydrogen (secondary N) is 1. The third kappa shape index (κ3) is 5.12. The number of nitrogens with two attached hydrogens (primary N) is 1. The molecule has 0 fully saturated rings. The van der Waals surface area contributed by atoms with Gasteiger partial charge in [0, 0.05) is 35.4 Å². The van der Waals surface area contributed by atoms with Gasteiger partial charge in [-0.1, -0.05) is 42.4 Å². The van der Waals surface area contributed by atoms with Crippen molar-refractivity contribution in [2.24, 2.45) is 0 Å². The Morgan fingerprint density at radius 2 is 1.94 bits per heavy atom. The Kier molecular flexibility index (Phi) is 6.85. The van der Waals surface area contributed by atoms with Crippen LogP contribution in [0.1, 0.15) is 25.1 Å². The second-order valence-corrected chi connectivity index (χ2v) is 9.05. The first kappa shape index (κ1) is 23.1. The number of anilines is 3. The number of nitrogens with zero attached hydrogens (tertiary/aromatic N) is 3. The summed E-state index contributed by atoms with van der Waals surface area (Å²) in [6.07, 6.45) is 1.46. The minimum atomic E-state index is -0.164. The molecule has 2 amide bonds. The number of halogens is 1. The zero-order chi connectivity index (χ0) is 23.5.